The molecule has 1 amide bonds. The second kappa shape index (κ2) is 5.30. The van der Waals surface area contributed by atoms with E-state index in [1.165, 1.54) is 7.11 Å². The average molecular weight is 228 g/mol. The molecule has 5 nitrogen and oxygen atoms in total. The van der Waals surface area contributed by atoms with Crippen molar-refractivity contribution in [3.63, 3.8) is 0 Å². The van der Waals surface area contributed by atoms with Crippen molar-refractivity contribution in [2.75, 3.05) is 7.11 Å². The van der Waals surface area contributed by atoms with Crippen molar-refractivity contribution < 1.29 is 14.3 Å². The highest BCUT2D eigenvalue weighted by molar-refractivity contribution is 5.80. The molecule has 0 aromatic carbocycles. The molecule has 1 heterocycles. The van der Waals surface area contributed by atoms with Gasteiger partial charge < -0.3 is 10.1 Å². The molecule has 0 radical (unpaired) electrons. The number of carbonyl (C=O) groups is 2. The van der Waals surface area contributed by atoms with Gasteiger partial charge in [-0.05, 0) is 12.8 Å². The number of nitrogens with one attached hydrogen (secondary N) is 2. The van der Waals surface area contributed by atoms with Gasteiger partial charge in [-0.1, -0.05) is 13.8 Å². The van der Waals surface area contributed by atoms with E-state index in [4.69, 9.17) is 4.74 Å². The quantitative estimate of drug-likeness (QED) is 0.667. The van der Waals surface area contributed by atoms with E-state index in [1.807, 2.05) is 20.8 Å². The van der Waals surface area contributed by atoms with Crippen LogP contribution >= 0.6 is 0 Å². The van der Waals surface area contributed by atoms with Gasteiger partial charge in [-0.25, -0.2) is 0 Å². The van der Waals surface area contributed by atoms with Crippen LogP contribution in [0.2, 0.25) is 0 Å². The molecule has 1 aliphatic heterocycles. The topological polar surface area (TPSA) is 67.4 Å². The van der Waals surface area contributed by atoms with Crippen molar-refractivity contribution in [1.82, 2.24) is 10.6 Å². The summed E-state index contributed by atoms with van der Waals surface area (Å²) in [5, 5.41) is 6.00. The number of ether oxygens (including phenoxy) is 1. The molecular formula is C11H20N2O3. The average Bonchev–Trinajstić information content (AvgIpc) is 2.52. The van der Waals surface area contributed by atoms with Crippen LogP contribution in [0.3, 0.4) is 0 Å². The van der Waals surface area contributed by atoms with Gasteiger partial charge in [0.05, 0.1) is 7.11 Å². The van der Waals surface area contributed by atoms with Crippen molar-refractivity contribution >= 4 is 11.9 Å². The van der Waals surface area contributed by atoms with Gasteiger partial charge in [0.1, 0.15) is 6.04 Å². The predicted molar refractivity (Wildman–Crippen MR) is 59.8 cm³/mol. The summed E-state index contributed by atoms with van der Waals surface area (Å²) in [6.45, 7) is 5.82. The van der Waals surface area contributed by atoms with Gasteiger partial charge in [0.15, 0.2) is 0 Å². The molecule has 2 N–H and O–H groups in total. The second-order valence-electron chi connectivity index (χ2n) is 4.58. The molecule has 0 aliphatic carbocycles. The van der Waals surface area contributed by atoms with Crippen LogP contribution < -0.4 is 10.6 Å². The fraction of sp³-hybridized carbons (Fsp3) is 0.818. The molecule has 1 rings (SSSR count). The molecule has 0 bridgehead atoms. The van der Waals surface area contributed by atoms with Crippen molar-refractivity contribution in [2.24, 2.45) is 5.92 Å². The summed E-state index contributed by atoms with van der Waals surface area (Å²) in [5.41, 5.74) is 0. The van der Waals surface area contributed by atoms with E-state index in [0.29, 0.717) is 6.42 Å². The third kappa shape index (κ3) is 2.95. The fourth-order valence-electron chi connectivity index (χ4n) is 1.88. The predicted octanol–water partition coefficient (Wildman–Crippen LogP) is 0.0506. The molecule has 0 unspecified atom stereocenters. The number of carbonyl (C=O) groups excluding carboxylic acids is 2. The van der Waals surface area contributed by atoms with Crippen LogP contribution in [0.5, 0.6) is 0 Å². The van der Waals surface area contributed by atoms with Crippen molar-refractivity contribution in [3.05, 3.63) is 0 Å². The molecule has 3 atom stereocenters. The molecule has 0 aromatic heterocycles. The standard InChI is InChI=1S/C11H20N2O3/c1-6(2)10(11(15)16-4)13-8-5-9(14)12-7(8)3/h6-8,10,13H,5H2,1-4H3,(H,12,14)/t7-,8-,10-/m0/s1. The molecule has 1 aliphatic rings. The summed E-state index contributed by atoms with van der Waals surface area (Å²) in [7, 11) is 1.38. The number of amides is 1. The number of hydrogen-bond acceptors (Lipinski definition) is 4. The minimum absolute atomic E-state index is 0.000926. The number of methoxy groups -OCH3 is 1. The first-order valence-corrected chi connectivity index (χ1v) is 5.59. The largest absolute Gasteiger partial charge is 0.468 e. The minimum atomic E-state index is -0.356. The fourth-order valence-corrected chi connectivity index (χ4v) is 1.88. The highest BCUT2D eigenvalue weighted by Crippen LogP contribution is 2.12. The number of rotatable bonds is 4. The Kier molecular flexibility index (Phi) is 4.29. The lowest BCUT2D eigenvalue weighted by molar-refractivity contribution is -0.144. The van der Waals surface area contributed by atoms with E-state index in [1.54, 1.807) is 0 Å². The Balaban J connectivity index is 2.62. The zero-order valence-corrected chi connectivity index (χ0v) is 10.2. The van der Waals surface area contributed by atoms with Crippen molar-refractivity contribution in [1.29, 1.82) is 0 Å². The first-order chi connectivity index (χ1) is 7.45. The lowest BCUT2D eigenvalue weighted by Crippen LogP contribution is -2.50. The first kappa shape index (κ1) is 13.0. The van der Waals surface area contributed by atoms with Gasteiger partial charge in [0, 0.05) is 18.5 Å². The molecule has 0 spiro atoms. The van der Waals surface area contributed by atoms with Gasteiger partial charge in [-0.3, -0.25) is 14.9 Å². The first-order valence-electron chi connectivity index (χ1n) is 5.59. The maximum atomic E-state index is 11.5. The number of esters is 1. The van der Waals surface area contributed by atoms with E-state index in [-0.39, 0.29) is 35.9 Å². The number of hydrogen-bond donors (Lipinski definition) is 2. The Labute approximate surface area is 95.9 Å². The lowest BCUT2D eigenvalue weighted by atomic mass is 10.0. The van der Waals surface area contributed by atoms with Crippen LogP contribution in [0.4, 0.5) is 0 Å². The van der Waals surface area contributed by atoms with E-state index >= 15 is 0 Å². The summed E-state index contributed by atoms with van der Waals surface area (Å²) < 4.78 is 4.74. The second-order valence-corrected chi connectivity index (χ2v) is 4.58. The van der Waals surface area contributed by atoms with E-state index in [2.05, 4.69) is 10.6 Å². The summed E-state index contributed by atoms with van der Waals surface area (Å²) in [6, 6.07) is -0.303. The highest BCUT2D eigenvalue weighted by Gasteiger charge is 2.33. The van der Waals surface area contributed by atoms with Crippen molar-refractivity contribution in [2.45, 2.75) is 45.3 Å². The lowest BCUT2D eigenvalue weighted by Gasteiger charge is -2.25. The highest BCUT2D eigenvalue weighted by atomic mass is 16.5. The zero-order chi connectivity index (χ0) is 12.3. The molecule has 5 heteroatoms. The maximum absolute atomic E-state index is 11.5. The molecule has 0 aromatic rings. The molecule has 92 valence electrons. The van der Waals surface area contributed by atoms with Gasteiger partial charge in [0.25, 0.3) is 0 Å². The van der Waals surface area contributed by atoms with Crippen molar-refractivity contribution in [3.8, 4) is 0 Å². The van der Waals surface area contributed by atoms with Crippen LogP contribution in [0, 0.1) is 5.92 Å². The van der Waals surface area contributed by atoms with E-state index in [0.717, 1.165) is 0 Å². The Morgan fingerprint density at radius 1 is 1.56 bits per heavy atom. The van der Waals surface area contributed by atoms with Crippen LogP contribution in [0.15, 0.2) is 0 Å². The SMILES string of the molecule is COC(=O)[C@@H](N[C@H]1CC(=O)N[C@H]1C)C(C)C. The molecule has 0 saturated carbocycles. The summed E-state index contributed by atoms with van der Waals surface area (Å²) in [6.07, 6.45) is 0.418. The van der Waals surface area contributed by atoms with Crippen LogP contribution in [-0.4, -0.2) is 37.1 Å². The summed E-state index contributed by atoms with van der Waals surface area (Å²) in [4.78, 5) is 22.7. The van der Waals surface area contributed by atoms with Gasteiger partial charge >= 0.3 is 5.97 Å². The zero-order valence-electron chi connectivity index (χ0n) is 10.2. The summed E-state index contributed by atoms with van der Waals surface area (Å²) in [5.74, 6) is -0.116. The molecule has 1 fully saturated rings. The van der Waals surface area contributed by atoms with E-state index < -0.39 is 0 Å². The molecule has 1 saturated heterocycles. The maximum Gasteiger partial charge on any atom is 0.323 e. The third-order valence-corrected chi connectivity index (χ3v) is 2.91. The minimum Gasteiger partial charge on any atom is -0.468 e. The summed E-state index contributed by atoms with van der Waals surface area (Å²) >= 11 is 0. The normalized spacial score (nSPS) is 26.7. The van der Waals surface area contributed by atoms with Gasteiger partial charge in [-0.2, -0.15) is 0 Å². The monoisotopic (exact) mass is 228 g/mol. The molecular weight excluding hydrogens is 208 g/mol. The third-order valence-electron chi connectivity index (χ3n) is 2.91. The smallest absolute Gasteiger partial charge is 0.323 e. The van der Waals surface area contributed by atoms with Gasteiger partial charge in [-0.15, -0.1) is 0 Å². The molecule has 16 heavy (non-hydrogen) atoms. The Morgan fingerprint density at radius 2 is 2.19 bits per heavy atom. The Hall–Kier alpha value is -1.10. The van der Waals surface area contributed by atoms with Crippen LogP contribution in [0.1, 0.15) is 27.2 Å². The van der Waals surface area contributed by atoms with Crippen LogP contribution in [-0.2, 0) is 14.3 Å². The Bertz CT molecular complexity index is 278. The Morgan fingerprint density at radius 3 is 2.56 bits per heavy atom. The van der Waals surface area contributed by atoms with E-state index in [9.17, 15) is 9.59 Å². The van der Waals surface area contributed by atoms with Gasteiger partial charge in [0.2, 0.25) is 5.91 Å². The van der Waals surface area contributed by atoms with Crippen LogP contribution in [0.25, 0.3) is 0 Å².